The topological polar surface area (TPSA) is 151 Å². The van der Waals surface area contributed by atoms with Crippen LogP contribution in [-0.2, 0) is 28.7 Å². The minimum Gasteiger partial charge on any atom is -0.463 e. The number of esters is 2. The fraction of sp³-hybridized carbons (Fsp3) is 0.867. The standard InChI is InChI=1S/C30H56N2O8/c1-2-3-4-5-6-7-8-9-10-11-12-13-14-15-16-19-22-39-29(37)25-40-30(38)26(32-28(36)24-34)20-17-18-21-31-27(35)23-33/h26,33-34H,2-25H2,1H3,(H,31,35)(H,32,36). The molecule has 234 valence electrons. The van der Waals surface area contributed by atoms with E-state index in [0.717, 1.165) is 19.3 Å². The van der Waals surface area contributed by atoms with E-state index in [1.807, 2.05) is 0 Å². The van der Waals surface area contributed by atoms with Gasteiger partial charge in [0.25, 0.3) is 0 Å². The number of amides is 2. The van der Waals surface area contributed by atoms with E-state index in [1.54, 1.807) is 0 Å². The van der Waals surface area contributed by atoms with Gasteiger partial charge in [0.15, 0.2) is 6.61 Å². The van der Waals surface area contributed by atoms with Crippen molar-refractivity contribution in [3.05, 3.63) is 0 Å². The van der Waals surface area contributed by atoms with Crippen LogP contribution in [0.15, 0.2) is 0 Å². The van der Waals surface area contributed by atoms with Crippen molar-refractivity contribution in [1.29, 1.82) is 0 Å². The van der Waals surface area contributed by atoms with Crippen LogP contribution in [0.3, 0.4) is 0 Å². The molecule has 0 aromatic carbocycles. The number of hydrogen-bond acceptors (Lipinski definition) is 8. The maximum atomic E-state index is 12.3. The summed E-state index contributed by atoms with van der Waals surface area (Å²) in [4.78, 5) is 46.8. The molecule has 0 aliphatic carbocycles. The molecule has 1 unspecified atom stereocenters. The molecule has 0 aromatic heterocycles. The predicted octanol–water partition coefficient (Wildman–Crippen LogP) is 4.09. The highest BCUT2D eigenvalue weighted by molar-refractivity contribution is 5.86. The van der Waals surface area contributed by atoms with Gasteiger partial charge in [-0.2, -0.15) is 0 Å². The Kier molecular flexibility index (Phi) is 26.8. The molecule has 10 heteroatoms. The highest BCUT2D eigenvalue weighted by Crippen LogP contribution is 2.13. The summed E-state index contributed by atoms with van der Waals surface area (Å²) in [5, 5.41) is 22.5. The molecule has 0 fully saturated rings. The molecule has 10 nitrogen and oxygen atoms in total. The van der Waals surface area contributed by atoms with Crippen molar-refractivity contribution in [3.63, 3.8) is 0 Å². The fourth-order valence-corrected chi connectivity index (χ4v) is 4.35. The van der Waals surface area contributed by atoms with Crippen molar-refractivity contribution in [3.8, 4) is 0 Å². The lowest BCUT2D eigenvalue weighted by Crippen LogP contribution is -2.43. The van der Waals surface area contributed by atoms with E-state index in [-0.39, 0.29) is 13.0 Å². The Hall–Kier alpha value is -2.20. The van der Waals surface area contributed by atoms with Crippen molar-refractivity contribution in [2.24, 2.45) is 0 Å². The van der Waals surface area contributed by atoms with E-state index in [4.69, 9.17) is 19.7 Å². The minimum atomic E-state index is -1.03. The number of aliphatic hydroxyl groups is 2. The second kappa shape index (κ2) is 28.3. The van der Waals surface area contributed by atoms with Gasteiger partial charge >= 0.3 is 11.9 Å². The lowest BCUT2D eigenvalue weighted by atomic mass is 10.0. The van der Waals surface area contributed by atoms with E-state index < -0.39 is 49.6 Å². The minimum absolute atomic E-state index is 0.202. The van der Waals surface area contributed by atoms with E-state index >= 15 is 0 Å². The van der Waals surface area contributed by atoms with Gasteiger partial charge in [-0.05, 0) is 25.7 Å². The Morgan fingerprint density at radius 3 is 1.62 bits per heavy atom. The second-order valence-corrected chi connectivity index (χ2v) is 10.4. The van der Waals surface area contributed by atoms with Gasteiger partial charge in [-0.1, -0.05) is 103 Å². The highest BCUT2D eigenvalue weighted by Gasteiger charge is 2.22. The van der Waals surface area contributed by atoms with Crippen LogP contribution in [0, 0.1) is 0 Å². The van der Waals surface area contributed by atoms with Gasteiger partial charge in [0, 0.05) is 6.54 Å². The zero-order chi connectivity index (χ0) is 29.7. The second-order valence-electron chi connectivity index (χ2n) is 10.4. The van der Waals surface area contributed by atoms with Crippen LogP contribution in [0.1, 0.15) is 129 Å². The van der Waals surface area contributed by atoms with Crippen LogP contribution >= 0.6 is 0 Å². The molecule has 0 bridgehead atoms. The summed E-state index contributed by atoms with van der Waals surface area (Å²) in [6.45, 7) is 0.912. The maximum absolute atomic E-state index is 12.3. The summed E-state index contributed by atoms with van der Waals surface area (Å²) >= 11 is 0. The Bertz CT molecular complexity index is 660. The number of unbranched alkanes of at least 4 members (excludes halogenated alkanes) is 16. The number of rotatable bonds is 28. The molecular formula is C30H56N2O8. The van der Waals surface area contributed by atoms with Crippen LogP contribution in [0.25, 0.3) is 0 Å². The molecule has 0 heterocycles. The van der Waals surface area contributed by atoms with Crippen molar-refractivity contribution < 1.29 is 38.9 Å². The van der Waals surface area contributed by atoms with Crippen molar-refractivity contribution >= 4 is 23.8 Å². The summed E-state index contributed by atoms with van der Waals surface area (Å²) in [7, 11) is 0. The number of nitrogens with one attached hydrogen (secondary N) is 2. The van der Waals surface area contributed by atoms with Crippen molar-refractivity contribution in [2.45, 2.75) is 135 Å². The average molecular weight is 573 g/mol. The van der Waals surface area contributed by atoms with Crippen LogP contribution in [-0.4, -0.2) is 73.0 Å². The Morgan fingerprint density at radius 2 is 1.12 bits per heavy atom. The van der Waals surface area contributed by atoms with Gasteiger partial charge in [0.1, 0.15) is 19.3 Å². The molecular weight excluding hydrogens is 516 g/mol. The van der Waals surface area contributed by atoms with E-state index in [0.29, 0.717) is 19.4 Å². The van der Waals surface area contributed by atoms with E-state index in [2.05, 4.69) is 17.6 Å². The first-order valence-electron chi connectivity index (χ1n) is 15.5. The van der Waals surface area contributed by atoms with Crippen molar-refractivity contribution in [2.75, 3.05) is 33.0 Å². The molecule has 2 amide bonds. The van der Waals surface area contributed by atoms with Gasteiger partial charge in [-0.25, -0.2) is 9.59 Å². The lowest BCUT2D eigenvalue weighted by molar-refractivity contribution is -0.160. The molecule has 0 radical (unpaired) electrons. The molecule has 1 atom stereocenters. The number of aliphatic hydroxyl groups excluding tert-OH is 2. The largest absolute Gasteiger partial charge is 0.463 e. The molecule has 0 aromatic rings. The monoisotopic (exact) mass is 572 g/mol. The molecule has 0 aliphatic heterocycles. The summed E-state index contributed by atoms with van der Waals surface area (Å²) in [6, 6.07) is -1.03. The third kappa shape index (κ3) is 24.8. The molecule has 0 spiro atoms. The first-order chi connectivity index (χ1) is 19.4. The van der Waals surface area contributed by atoms with Gasteiger partial charge < -0.3 is 30.3 Å². The van der Waals surface area contributed by atoms with Gasteiger partial charge in [-0.3, -0.25) is 9.59 Å². The fourth-order valence-electron chi connectivity index (χ4n) is 4.35. The van der Waals surface area contributed by atoms with E-state index in [1.165, 1.54) is 83.5 Å². The number of carbonyl (C=O) groups excluding carboxylic acids is 4. The zero-order valence-corrected chi connectivity index (χ0v) is 24.9. The Labute approximate surface area is 241 Å². The van der Waals surface area contributed by atoms with Gasteiger partial charge in [-0.15, -0.1) is 0 Å². The zero-order valence-electron chi connectivity index (χ0n) is 24.9. The summed E-state index contributed by atoms with van der Waals surface area (Å²) in [6.07, 6.45) is 21.4. The number of carbonyl (C=O) groups is 4. The molecule has 0 saturated carbocycles. The normalized spacial score (nSPS) is 11.6. The Morgan fingerprint density at radius 1 is 0.625 bits per heavy atom. The highest BCUT2D eigenvalue weighted by atomic mass is 16.6. The summed E-state index contributed by atoms with van der Waals surface area (Å²) in [5.74, 6) is -2.67. The van der Waals surface area contributed by atoms with Gasteiger partial charge in [0.2, 0.25) is 11.8 Å². The quantitative estimate of drug-likeness (QED) is 0.0808. The SMILES string of the molecule is CCCCCCCCCCCCCCCCCCOC(=O)COC(=O)C(CCCCNC(=O)CO)NC(=O)CO. The summed E-state index contributed by atoms with van der Waals surface area (Å²) < 4.78 is 10.1. The molecule has 0 saturated heterocycles. The van der Waals surface area contributed by atoms with Crippen LogP contribution in [0.4, 0.5) is 0 Å². The Balaban J connectivity index is 3.77. The first kappa shape index (κ1) is 37.8. The maximum Gasteiger partial charge on any atom is 0.344 e. The molecule has 0 aliphatic rings. The number of ether oxygens (including phenoxy) is 2. The van der Waals surface area contributed by atoms with Crippen LogP contribution in [0.2, 0.25) is 0 Å². The third-order valence-electron chi connectivity index (χ3n) is 6.74. The molecule has 4 N–H and O–H groups in total. The first-order valence-corrected chi connectivity index (χ1v) is 15.5. The lowest BCUT2D eigenvalue weighted by Gasteiger charge is -2.17. The van der Waals surface area contributed by atoms with Crippen molar-refractivity contribution in [1.82, 2.24) is 10.6 Å². The van der Waals surface area contributed by atoms with E-state index in [9.17, 15) is 19.2 Å². The third-order valence-corrected chi connectivity index (χ3v) is 6.74. The molecule has 0 rings (SSSR count). The van der Waals surface area contributed by atoms with Gasteiger partial charge in [0.05, 0.1) is 6.61 Å². The number of hydrogen-bond donors (Lipinski definition) is 4. The molecule has 40 heavy (non-hydrogen) atoms. The smallest absolute Gasteiger partial charge is 0.344 e. The summed E-state index contributed by atoms with van der Waals surface area (Å²) in [5.41, 5.74) is 0. The van der Waals surface area contributed by atoms with Crippen LogP contribution in [0.5, 0.6) is 0 Å². The average Bonchev–Trinajstić information content (AvgIpc) is 2.96. The predicted molar refractivity (Wildman–Crippen MR) is 154 cm³/mol. The van der Waals surface area contributed by atoms with Crippen LogP contribution < -0.4 is 10.6 Å².